The van der Waals surface area contributed by atoms with Gasteiger partial charge in [0.2, 0.25) is 0 Å². The lowest BCUT2D eigenvalue weighted by Gasteiger charge is -1.93. The Bertz CT molecular complexity index is 274. The van der Waals surface area contributed by atoms with Crippen molar-refractivity contribution >= 4 is 11.6 Å². The van der Waals surface area contributed by atoms with E-state index in [9.17, 15) is 0 Å². The highest BCUT2D eigenvalue weighted by atomic mass is 15.0. The summed E-state index contributed by atoms with van der Waals surface area (Å²) in [4.78, 5) is 2.82. The number of guanidine groups is 1. The van der Waals surface area contributed by atoms with Gasteiger partial charge >= 0.3 is 5.96 Å². The second-order valence-corrected chi connectivity index (χ2v) is 2.45. The van der Waals surface area contributed by atoms with Gasteiger partial charge in [-0.15, -0.1) is 0 Å². The minimum absolute atomic E-state index is 0.218. The van der Waals surface area contributed by atoms with E-state index in [1.165, 1.54) is 5.56 Å². The summed E-state index contributed by atoms with van der Waals surface area (Å²) in [5.41, 5.74) is 12.6. The Labute approximate surface area is 65.7 Å². The van der Waals surface area contributed by atoms with Crippen LogP contribution in [0.2, 0.25) is 0 Å². The summed E-state index contributed by atoms with van der Waals surface area (Å²) in [5, 5.41) is 0. The van der Waals surface area contributed by atoms with E-state index in [1.807, 2.05) is 31.2 Å². The fourth-order valence-electron chi connectivity index (χ4n) is 0.889. The van der Waals surface area contributed by atoms with Crippen LogP contribution in [0, 0.1) is 6.92 Å². The third-order valence-corrected chi connectivity index (χ3v) is 1.31. The maximum Gasteiger partial charge on any atom is 0.343 e. The zero-order valence-corrected chi connectivity index (χ0v) is 6.46. The fraction of sp³-hybridized carbons (Fsp3) is 0.125. The molecule has 5 N–H and O–H groups in total. The minimum Gasteiger partial charge on any atom is -0.291 e. The maximum absolute atomic E-state index is 5.26. The van der Waals surface area contributed by atoms with Gasteiger partial charge in [-0.25, -0.2) is 4.99 Å². The standard InChI is InChI=1S/C8H11N3/c1-6-3-2-4-7(5-6)11-8(9)10/h2-5H,1H3,(H4,9,10,11)/p+1. The Balaban J connectivity index is 2.97. The van der Waals surface area contributed by atoms with Crippen LogP contribution >= 0.6 is 0 Å². The first-order chi connectivity index (χ1) is 5.18. The van der Waals surface area contributed by atoms with Crippen LogP contribution in [0.15, 0.2) is 24.3 Å². The van der Waals surface area contributed by atoms with Crippen molar-refractivity contribution in [3.63, 3.8) is 0 Å². The van der Waals surface area contributed by atoms with Crippen LogP contribution in [0.25, 0.3) is 0 Å². The second-order valence-electron chi connectivity index (χ2n) is 2.45. The first-order valence-electron chi connectivity index (χ1n) is 3.40. The Morgan fingerprint density at radius 3 is 2.64 bits per heavy atom. The van der Waals surface area contributed by atoms with Gasteiger partial charge < -0.3 is 0 Å². The molecule has 3 nitrogen and oxygen atoms in total. The van der Waals surface area contributed by atoms with Gasteiger partial charge in [-0.2, -0.15) is 0 Å². The van der Waals surface area contributed by atoms with Crippen molar-refractivity contribution in [3.8, 4) is 0 Å². The van der Waals surface area contributed by atoms with Gasteiger partial charge in [0, 0.05) is 0 Å². The van der Waals surface area contributed by atoms with Crippen LogP contribution in [-0.2, 0) is 0 Å². The van der Waals surface area contributed by atoms with E-state index >= 15 is 0 Å². The van der Waals surface area contributed by atoms with Crippen LogP contribution in [0.5, 0.6) is 0 Å². The van der Waals surface area contributed by atoms with Gasteiger partial charge in [0.05, 0.1) is 5.69 Å². The van der Waals surface area contributed by atoms with Crippen molar-refractivity contribution in [1.29, 1.82) is 0 Å². The summed E-state index contributed by atoms with van der Waals surface area (Å²) in [6.45, 7) is 2.01. The molecule has 58 valence electrons. The molecule has 0 aliphatic heterocycles. The van der Waals surface area contributed by atoms with Crippen LogP contribution in [0.3, 0.4) is 0 Å². The van der Waals surface area contributed by atoms with E-state index in [-0.39, 0.29) is 5.96 Å². The monoisotopic (exact) mass is 150 g/mol. The molecule has 0 unspecified atom stereocenters. The molecule has 1 aromatic rings. The topological polar surface area (TPSA) is 66.0 Å². The first-order valence-corrected chi connectivity index (χ1v) is 3.40. The van der Waals surface area contributed by atoms with Gasteiger partial charge in [0.15, 0.2) is 0 Å². The molecule has 0 atom stereocenters. The van der Waals surface area contributed by atoms with Crippen LogP contribution < -0.4 is 16.5 Å². The van der Waals surface area contributed by atoms with Crippen molar-refractivity contribution in [1.82, 2.24) is 0 Å². The normalized spacial score (nSPS) is 9.18. The molecule has 0 aliphatic rings. The molecule has 0 aromatic heterocycles. The quantitative estimate of drug-likeness (QED) is 0.354. The van der Waals surface area contributed by atoms with Crippen molar-refractivity contribution < 1.29 is 4.99 Å². The van der Waals surface area contributed by atoms with Crippen molar-refractivity contribution in [2.75, 3.05) is 0 Å². The first kappa shape index (κ1) is 7.60. The molecule has 0 heterocycles. The van der Waals surface area contributed by atoms with Crippen LogP contribution in [0.4, 0.5) is 5.69 Å². The van der Waals surface area contributed by atoms with E-state index in [0.717, 1.165) is 5.69 Å². The van der Waals surface area contributed by atoms with E-state index in [1.54, 1.807) is 0 Å². The van der Waals surface area contributed by atoms with Gasteiger partial charge in [-0.1, -0.05) is 12.1 Å². The van der Waals surface area contributed by atoms with E-state index in [0.29, 0.717) is 0 Å². The molecule has 1 rings (SSSR count). The lowest BCUT2D eigenvalue weighted by molar-refractivity contribution is -0.356. The van der Waals surface area contributed by atoms with Crippen molar-refractivity contribution in [3.05, 3.63) is 29.8 Å². The summed E-state index contributed by atoms with van der Waals surface area (Å²) in [6.07, 6.45) is 0. The van der Waals surface area contributed by atoms with E-state index in [4.69, 9.17) is 11.5 Å². The SMILES string of the molecule is Cc1cccc([NH+]=C(N)N)c1. The van der Waals surface area contributed by atoms with E-state index in [2.05, 4.69) is 4.99 Å². The summed E-state index contributed by atoms with van der Waals surface area (Å²) in [7, 11) is 0. The zero-order valence-electron chi connectivity index (χ0n) is 6.46. The molecular formula is C8H12N3+. The molecule has 0 fully saturated rings. The summed E-state index contributed by atoms with van der Waals surface area (Å²) in [5.74, 6) is 0.218. The van der Waals surface area contributed by atoms with Crippen molar-refractivity contribution in [2.45, 2.75) is 6.92 Å². The predicted molar refractivity (Wildman–Crippen MR) is 45.2 cm³/mol. The highest BCUT2D eigenvalue weighted by molar-refractivity contribution is 5.70. The second kappa shape index (κ2) is 3.05. The zero-order chi connectivity index (χ0) is 8.27. The summed E-state index contributed by atoms with van der Waals surface area (Å²) in [6, 6.07) is 7.84. The molecule has 3 heteroatoms. The molecule has 11 heavy (non-hydrogen) atoms. The Morgan fingerprint density at radius 2 is 2.09 bits per heavy atom. The average molecular weight is 150 g/mol. The molecule has 0 amide bonds. The summed E-state index contributed by atoms with van der Waals surface area (Å²) >= 11 is 0. The lowest BCUT2D eigenvalue weighted by Crippen LogP contribution is -2.72. The molecule has 0 aliphatic carbocycles. The molecule has 0 spiro atoms. The van der Waals surface area contributed by atoms with Crippen LogP contribution in [0.1, 0.15) is 5.56 Å². The maximum atomic E-state index is 5.26. The highest BCUT2D eigenvalue weighted by Crippen LogP contribution is 2.01. The molecule has 0 bridgehead atoms. The Kier molecular flexibility index (Phi) is 2.11. The predicted octanol–water partition coefficient (Wildman–Crippen LogP) is -1.02. The summed E-state index contributed by atoms with van der Waals surface area (Å²) < 4.78 is 0. The number of hydrogen-bond acceptors (Lipinski definition) is 0. The van der Waals surface area contributed by atoms with Crippen LogP contribution in [-0.4, -0.2) is 5.96 Å². The van der Waals surface area contributed by atoms with Gasteiger partial charge in [-0.05, 0) is 24.6 Å². The number of nitrogens with one attached hydrogen (secondary N) is 1. The minimum atomic E-state index is 0.218. The molecule has 0 saturated carbocycles. The lowest BCUT2D eigenvalue weighted by atomic mass is 10.2. The fourth-order valence-corrected chi connectivity index (χ4v) is 0.889. The molecular weight excluding hydrogens is 138 g/mol. The van der Waals surface area contributed by atoms with Gasteiger partial charge in [-0.3, -0.25) is 11.5 Å². The Morgan fingerprint density at radius 1 is 1.36 bits per heavy atom. The molecule has 0 saturated heterocycles. The van der Waals surface area contributed by atoms with Gasteiger partial charge in [0.25, 0.3) is 0 Å². The van der Waals surface area contributed by atoms with Crippen molar-refractivity contribution in [2.24, 2.45) is 11.5 Å². The third-order valence-electron chi connectivity index (χ3n) is 1.31. The Hall–Kier alpha value is -1.51. The molecule has 0 radical (unpaired) electrons. The average Bonchev–Trinajstić information content (AvgIpc) is 1.85. The van der Waals surface area contributed by atoms with Gasteiger partial charge in [0.1, 0.15) is 0 Å². The molecule has 1 aromatic carbocycles. The number of aryl methyl sites for hydroxylation is 1. The number of benzene rings is 1. The largest absolute Gasteiger partial charge is 0.343 e. The number of hydrogen-bond donors (Lipinski definition) is 3. The highest BCUT2D eigenvalue weighted by Gasteiger charge is 1.91. The smallest absolute Gasteiger partial charge is 0.291 e. The number of rotatable bonds is 1. The number of nitrogens with two attached hydrogens (primary N) is 2. The third kappa shape index (κ3) is 2.29. The van der Waals surface area contributed by atoms with E-state index < -0.39 is 0 Å².